The van der Waals surface area contributed by atoms with Crippen molar-refractivity contribution in [1.82, 2.24) is 24.9 Å². The molecule has 0 spiro atoms. The summed E-state index contributed by atoms with van der Waals surface area (Å²) in [5, 5.41) is 15.4. The minimum absolute atomic E-state index is 0.00391. The van der Waals surface area contributed by atoms with Gasteiger partial charge >= 0.3 is 6.03 Å². The Balaban J connectivity index is 1.41. The monoisotopic (exact) mass is 500 g/mol. The molecule has 9 nitrogen and oxygen atoms in total. The van der Waals surface area contributed by atoms with Gasteiger partial charge in [-0.2, -0.15) is 10.2 Å². The summed E-state index contributed by atoms with van der Waals surface area (Å²) in [5.74, 6) is 0.605. The van der Waals surface area contributed by atoms with Crippen molar-refractivity contribution in [3.8, 4) is 16.9 Å². The molecule has 0 saturated carbocycles. The number of nitrogens with one attached hydrogen (secondary N) is 2. The fraction of sp³-hybridized carbons (Fsp3) is 0.321. The van der Waals surface area contributed by atoms with Gasteiger partial charge in [-0.15, -0.1) is 0 Å². The molecule has 2 unspecified atom stereocenters. The third kappa shape index (κ3) is 5.42. The third-order valence-electron chi connectivity index (χ3n) is 6.64. The third-order valence-corrected chi connectivity index (χ3v) is 6.64. The largest absolute Gasteiger partial charge is 0.385 e. The molecule has 4 aromatic rings. The summed E-state index contributed by atoms with van der Waals surface area (Å²) in [6.45, 7) is 2.56. The number of carbonyl (C=O) groups excluding carboxylic acids is 1. The summed E-state index contributed by atoms with van der Waals surface area (Å²) in [5.41, 5.74) is 4.39. The van der Waals surface area contributed by atoms with Crippen LogP contribution in [0.5, 0.6) is 0 Å². The summed E-state index contributed by atoms with van der Waals surface area (Å²) in [6.07, 6.45) is 4.93. The van der Waals surface area contributed by atoms with Crippen LogP contribution in [0.4, 0.5) is 10.6 Å². The molecule has 0 radical (unpaired) electrons. The number of amides is 2. The topological polar surface area (TPSA) is 95.2 Å². The van der Waals surface area contributed by atoms with E-state index >= 15 is 0 Å². The summed E-state index contributed by atoms with van der Waals surface area (Å²) in [6, 6.07) is 19.3. The maximum absolute atomic E-state index is 13.4. The van der Waals surface area contributed by atoms with Crippen molar-refractivity contribution in [2.24, 2.45) is 7.05 Å². The molecule has 37 heavy (non-hydrogen) atoms. The summed E-state index contributed by atoms with van der Waals surface area (Å²) in [7, 11) is 3.55. The maximum atomic E-state index is 13.4. The molecule has 1 saturated heterocycles. The van der Waals surface area contributed by atoms with Crippen molar-refractivity contribution in [3.05, 3.63) is 84.2 Å². The predicted molar refractivity (Wildman–Crippen MR) is 142 cm³/mol. The highest BCUT2D eigenvalue weighted by Gasteiger charge is 2.37. The molecule has 2 N–H and O–H groups in total. The molecule has 2 aromatic carbocycles. The van der Waals surface area contributed by atoms with Gasteiger partial charge in [-0.05, 0) is 37.5 Å². The molecule has 0 aliphatic carbocycles. The number of benzene rings is 2. The van der Waals surface area contributed by atoms with Crippen LogP contribution in [-0.2, 0) is 16.5 Å². The highest BCUT2D eigenvalue weighted by molar-refractivity contribution is 5.91. The van der Waals surface area contributed by atoms with Crippen LogP contribution in [0, 0.1) is 6.92 Å². The lowest BCUT2D eigenvalue weighted by Crippen LogP contribution is -2.40. The molecule has 1 fully saturated rings. The van der Waals surface area contributed by atoms with Crippen molar-refractivity contribution >= 4 is 11.8 Å². The fourth-order valence-electron chi connectivity index (χ4n) is 4.82. The Morgan fingerprint density at radius 1 is 1.14 bits per heavy atom. The first kappa shape index (κ1) is 24.7. The Morgan fingerprint density at radius 3 is 2.54 bits per heavy atom. The Bertz CT molecular complexity index is 1330. The number of methoxy groups -OCH3 is 1. The van der Waals surface area contributed by atoms with E-state index in [0.717, 1.165) is 34.5 Å². The van der Waals surface area contributed by atoms with Crippen LogP contribution in [0.1, 0.15) is 30.1 Å². The number of carbonyl (C=O) groups is 1. The van der Waals surface area contributed by atoms with Gasteiger partial charge in [-0.1, -0.05) is 48.5 Å². The van der Waals surface area contributed by atoms with Gasteiger partial charge in [0, 0.05) is 38.1 Å². The van der Waals surface area contributed by atoms with Gasteiger partial charge in [0.1, 0.15) is 17.6 Å². The first-order valence-electron chi connectivity index (χ1n) is 12.4. The molecule has 2 aromatic heterocycles. The van der Waals surface area contributed by atoms with Crippen molar-refractivity contribution in [3.63, 3.8) is 0 Å². The van der Waals surface area contributed by atoms with Gasteiger partial charge in [-0.3, -0.25) is 10.00 Å². The zero-order chi connectivity index (χ0) is 25.8. The second kappa shape index (κ2) is 11.0. The van der Waals surface area contributed by atoms with E-state index in [1.54, 1.807) is 22.7 Å². The van der Waals surface area contributed by atoms with Crippen LogP contribution in [-0.4, -0.2) is 51.5 Å². The lowest BCUT2D eigenvalue weighted by atomic mass is 10.0. The van der Waals surface area contributed by atoms with Crippen LogP contribution < -0.4 is 10.6 Å². The Kier molecular flexibility index (Phi) is 7.34. The second-order valence-electron chi connectivity index (χ2n) is 9.28. The zero-order valence-corrected chi connectivity index (χ0v) is 21.3. The molecule has 1 aliphatic rings. The van der Waals surface area contributed by atoms with Crippen molar-refractivity contribution < 1.29 is 14.3 Å². The van der Waals surface area contributed by atoms with E-state index in [0.29, 0.717) is 18.8 Å². The SMILES string of the molecule is COCCC1CC(NC(=O)Nc2c(C)c(-c3cnn(C)c3)nn2-c2ccccc2)[C@@H](c2ccccc2)O1. The molecule has 192 valence electrons. The van der Waals surface area contributed by atoms with Crippen molar-refractivity contribution in [1.29, 1.82) is 0 Å². The number of hydrogen-bond acceptors (Lipinski definition) is 5. The number of para-hydroxylation sites is 1. The lowest BCUT2D eigenvalue weighted by Gasteiger charge is -2.21. The Hall–Kier alpha value is -3.95. The highest BCUT2D eigenvalue weighted by Crippen LogP contribution is 2.35. The molecular weight excluding hydrogens is 468 g/mol. The number of nitrogens with zero attached hydrogens (tertiary/aromatic N) is 4. The molecule has 9 heteroatoms. The van der Waals surface area contributed by atoms with E-state index in [2.05, 4.69) is 15.7 Å². The molecule has 3 atom stereocenters. The first-order chi connectivity index (χ1) is 18.0. The number of anilines is 1. The number of rotatable bonds is 8. The summed E-state index contributed by atoms with van der Waals surface area (Å²) < 4.78 is 15.1. The smallest absolute Gasteiger partial charge is 0.320 e. The number of aromatic nitrogens is 4. The van der Waals surface area contributed by atoms with E-state index < -0.39 is 0 Å². The average molecular weight is 501 g/mol. The van der Waals surface area contributed by atoms with Gasteiger partial charge in [0.15, 0.2) is 0 Å². The fourth-order valence-corrected chi connectivity index (χ4v) is 4.82. The lowest BCUT2D eigenvalue weighted by molar-refractivity contribution is 0.0212. The quantitative estimate of drug-likeness (QED) is 0.368. The van der Waals surface area contributed by atoms with Crippen LogP contribution >= 0.6 is 0 Å². The van der Waals surface area contributed by atoms with Gasteiger partial charge in [-0.25, -0.2) is 9.48 Å². The van der Waals surface area contributed by atoms with Crippen LogP contribution in [0.15, 0.2) is 73.1 Å². The summed E-state index contributed by atoms with van der Waals surface area (Å²) in [4.78, 5) is 13.4. The van der Waals surface area contributed by atoms with Gasteiger partial charge in [0.2, 0.25) is 0 Å². The van der Waals surface area contributed by atoms with E-state index in [4.69, 9.17) is 14.6 Å². The van der Waals surface area contributed by atoms with Crippen LogP contribution in [0.3, 0.4) is 0 Å². The molecule has 2 amide bonds. The van der Waals surface area contributed by atoms with Gasteiger partial charge in [0.05, 0.1) is 24.0 Å². The van der Waals surface area contributed by atoms with E-state index in [1.165, 1.54) is 0 Å². The maximum Gasteiger partial charge on any atom is 0.320 e. The van der Waals surface area contributed by atoms with Gasteiger partial charge in [0.25, 0.3) is 0 Å². The Labute approximate surface area is 216 Å². The van der Waals surface area contributed by atoms with E-state index in [-0.39, 0.29) is 24.3 Å². The number of aryl methyl sites for hydroxylation is 1. The molecule has 5 rings (SSSR count). The van der Waals surface area contributed by atoms with Crippen LogP contribution in [0.25, 0.3) is 16.9 Å². The molecular formula is C28H32N6O3. The minimum atomic E-state index is -0.306. The predicted octanol–water partition coefficient (Wildman–Crippen LogP) is 4.64. The standard InChI is InChI=1S/C28H32N6O3/c1-19-25(21-17-29-33(2)18-21)32-34(22-12-8-5-9-13-22)27(19)31-28(35)30-24-16-23(14-15-36-3)37-26(24)20-10-6-4-7-11-20/h4-13,17-18,23-24,26H,14-16H2,1-3H3,(H2,30,31,35)/t23?,24?,26-/m1/s1. The average Bonchev–Trinajstić information content (AvgIpc) is 3.61. The summed E-state index contributed by atoms with van der Waals surface area (Å²) >= 11 is 0. The molecule has 0 bridgehead atoms. The number of hydrogen-bond donors (Lipinski definition) is 2. The normalized spacial score (nSPS) is 19.2. The zero-order valence-electron chi connectivity index (χ0n) is 21.3. The second-order valence-corrected chi connectivity index (χ2v) is 9.28. The van der Waals surface area contributed by atoms with E-state index in [1.807, 2.05) is 80.8 Å². The Morgan fingerprint density at radius 2 is 1.86 bits per heavy atom. The number of ether oxygens (including phenoxy) is 2. The molecule has 1 aliphatic heterocycles. The number of urea groups is 1. The van der Waals surface area contributed by atoms with Crippen molar-refractivity contribution in [2.45, 2.75) is 38.0 Å². The van der Waals surface area contributed by atoms with E-state index in [9.17, 15) is 4.79 Å². The molecule has 3 heterocycles. The first-order valence-corrected chi connectivity index (χ1v) is 12.4. The van der Waals surface area contributed by atoms with Crippen molar-refractivity contribution in [2.75, 3.05) is 19.0 Å². The highest BCUT2D eigenvalue weighted by atomic mass is 16.5. The van der Waals surface area contributed by atoms with Gasteiger partial charge < -0.3 is 14.8 Å². The van der Waals surface area contributed by atoms with Crippen LogP contribution in [0.2, 0.25) is 0 Å². The minimum Gasteiger partial charge on any atom is -0.385 e.